The Bertz CT molecular complexity index is 1440. The second-order valence-corrected chi connectivity index (χ2v) is 9.04. The maximum Gasteiger partial charge on any atom is 0.256 e. The molecule has 3 aromatic carbocycles. The van der Waals surface area contributed by atoms with Crippen molar-refractivity contribution in [1.82, 2.24) is 15.1 Å². The standard InChI is InChI=1S/C28H29F2N5O3/c1-4-34-11-13-35(14-12-34)19-8-5-17(6-9-19)28(36)31-27-20-10-7-18(15-21(20)32-33-27)24-25(29)22(37-2)16-23(38-3)26(24)30/h5-10,15-16H,4,11-14H2,1-3H3,(H2,31,32,33,36). The number of anilines is 2. The molecular formula is C28H29F2N5O3. The van der Waals surface area contributed by atoms with E-state index in [9.17, 15) is 13.6 Å². The molecular weight excluding hydrogens is 492 g/mol. The van der Waals surface area contributed by atoms with Gasteiger partial charge in [0.1, 0.15) is 0 Å². The van der Waals surface area contributed by atoms with Crippen molar-refractivity contribution in [3.63, 3.8) is 0 Å². The van der Waals surface area contributed by atoms with Crippen LogP contribution in [-0.2, 0) is 0 Å². The number of rotatable bonds is 7. The van der Waals surface area contributed by atoms with Crippen LogP contribution < -0.4 is 19.7 Å². The van der Waals surface area contributed by atoms with Crippen molar-refractivity contribution in [1.29, 1.82) is 0 Å². The molecule has 4 aromatic rings. The number of likely N-dealkylation sites (N-methyl/N-ethyl adjacent to an activating group) is 1. The molecule has 1 saturated heterocycles. The van der Waals surface area contributed by atoms with Gasteiger partial charge in [-0.25, -0.2) is 8.78 Å². The Morgan fingerprint density at radius 2 is 1.63 bits per heavy atom. The van der Waals surface area contributed by atoms with E-state index in [1.54, 1.807) is 30.3 Å². The maximum atomic E-state index is 15.0. The molecule has 0 atom stereocenters. The van der Waals surface area contributed by atoms with Crippen LogP contribution in [0.5, 0.6) is 11.5 Å². The van der Waals surface area contributed by atoms with E-state index in [0.29, 0.717) is 22.3 Å². The van der Waals surface area contributed by atoms with Gasteiger partial charge in [0.2, 0.25) is 0 Å². The number of ether oxygens (including phenoxy) is 2. The fourth-order valence-electron chi connectivity index (χ4n) is 4.74. The summed E-state index contributed by atoms with van der Waals surface area (Å²) in [5, 5.41) is 10.5. The highest BCUT2D eigenvalue weighted by Gasteiger charge is 2.22. The van der Waals surface area contributed by atoms with Gasteiger partial charge in [-0.1, -0.05) is 13.0 Å². The number of hydrogen-bond acceptors (Lipinski definition) is 6. The van der Waals surface area contributed by atoms with E-state index >= 15 is 0 Å². The fourth-order valence-corrected chi connectivity index (χ4v) is 4.74. The summed E-state index contributed by atoms with van der Waals surface area (Å²) in [7, 11) is 2.60. The van der Waals surface area contributed by atoms with Crippen molar-refractivity contribution in [3.8, 4) is 22.6 Å². The minimum Gasteiger partial charge on any atom is -0.494 e. The lowest BCUT2D eigenvalue weighted by Crippen LogP contribution is -2.46. The predicted molar refractivity (Wildman–Crippen MR) is 143 cm³/mol. The lowest BCUT2D eigenvalue weighted by molar-refractivity contribution is 0.102. The third kappa shape index (κ3) is 4.74. The quantitative estimate of drug-likeness (QED) is 0.359. The fraction of sp³-hybridized carbons (Fsp3) is 0.286. The van der Waals surface area contributed by atoms with Gasteiger partial charge in [0.15, 0.2) is 29.0 Å². The van der Waals surface area contributed by atoms with Gasteiger partial charge in [-0.15, -0.1) is 0 Å². The zero-order valence-corrected chi connectivity index (χ0v) is 21.5. The van der Waals surface area contributed by atoms with Crippen LogP contribution in [0.25, 0.3) is 22.0 Å². The van der Waals surface area contributed by atoms with Crippen LogP contribution in [0, 0.1) is 11.6 Å². The number of aromatic amines is 1. The highest BCUT2D eigenvalue weighted by molar-refractivity contribution is 6.08. The van der Waals surface area contributed by atoms with Gasteiger partial charge in [-0.2, -0.15) is 5.10 Å². The first-order valence-electron chi connectivity index (χ1n) is 12.4. The lowest BCUT2D eigenvalue weighted by atomic mass is 10.0. The summed E-state index contributed by atoms with van der Waals surface area (Å²) >= 11 is 0. The molecule has 0 unspecified atom stereocenters. The minimum atomic E-state index is -0.839. The summed E-state index contributed by atoms with van der Waals surface area (Å²) in [5.41, 5.74) is 2.08. The summed E-state index contributed by atoms with van der Waals surface area (Å²) < 4.78 is 40.0. The van der Waals surface area contributed by atoms with E-state index in [2.05, 4.69) is 32.2 Å². The van der Waals surface area contributed by atoms with Crippen LogP contribution in [0.3, 0.4) is 0 Å². The molecule has 38 heavy (non-hydrogen) atoms. The zero-order valence-electron chi connectivity index (χ0n) is 21.5. The van der Waals surface area contributed by atoms with Gasteiger partial charge in [-0.05, 0) is 48.5 Å². The second-order valence-electron chi connectivity index (χ2n) is 9.04. The second kappa shape index (κ2) is 10.7. The van der Waals surface area contributed by atoms with Crippen LogP contribution in [0.2, 0.25) is 0 Å². The van der Waals surface area contributed by atoms with Gasteiger partial charge >= 0.3 is 0 Å². The van der Waals surface area contributed by atoms with Crippen molar-refractivity contribution < 1.29 is 23.0 Å². The molecule has 0 aliphatic carbocycles. The average molecular weight is 522 g/mol. The van der Waals surface area contributed by atoms with E-state index in [-0.39, 0.29) is 28.5 Å². The molecule has 1 aliphatic rings. The number of piperazine rings is 1. The number of fused-ring (bicyclic) bond motifs is 1. The number of H-pyrrole nitrogens is 1. The Morgan fingerprint density at radius 3 is 2.24 bits per heavy atom. The predicted octanol–water partition coefficient (Wildman–Crippen LogP) is 4.92. The number of halogens is 2. The van der Waals surface area contributed by atoms with Gasteiger partial charge in [0.25, 0.3) is 5.91 Å². The molecule has 198 valence electrons. The van der Waals surface area contributed by atoms with Crippen molar-refractivity contribution in [2.45, 2.75) is 6.92 Å². The topological polar surface area (TPSA) is 82.7 Å². The molecule has 1 fully saturated rings. The first-order chi connectivity index (χ1) is 18.4. The summed E-state index contributed by atoms with van der Waals surface area (Å²) in [6, 6.07) is 13.4. The van der Waals surface area contributed by atoms with Crippen LogP contribution >= 0.6 is 0 Å². The van der Waals surface area contributed by atoms with Gasteiger partial charge in [0.05, 0.1) is 25.3 Å². The number of benzene rings is 3. The molecule has 1 aliphatic heterocycles. The average Bonchev–Trinajstić information content (AvgIpc) is 3.35. The summed E-state index contributed by atoms with van der Waals surface area (Å²) in [4.78, 5) is 17.7. The number of carbonyl (C=O) groups is 1. The highest BCUT2D eigenvalue weighted by Crippen LogP contribution is 2.38. The number of nitrogens with zero attached hydrogens (tertiary/aromatic N) is 3. The summed E-state index contributed by atoms with van der Waals surface area (Å²) in [5.74, 6) is -1.93. The van der Waals surface area contributed by atoms with Gasteiger partial charge in [0, 0.05) is 48.9 Å². The van der Waals surface area contributed by atoms with Crippen molar-refractivity contribution in [2.75, 3.05) is 57.2 Å². The van der Waals surface area contributed by atoms with E-state index in [4.69, 9.17) is 9.47 Å². The summed E-state index contributed by atoms with van der Waals surface area (Å²) in [6.45, 7) is 7.19. The number of methoxy groups -OCH3 is 2. The van der Waals surface area contributed by atoms with Gasteiger partial charge < -0.3 is 24.6 Å². The number of aromatic nitrogens is 2. The Hall–Kier alpha value is -4.18. The van der Waals surface area contributed by atoms with Crippen LogP contribution in [0.15, 0.2) is 48.5 Å². The first-order valence-corrected chi connectivity index (χ1v) is 12.4. The number of hydrogen-bond donors (Lipinski definition) is 2. The number of carbonyl (C=O) groups excluding carboxylic acids is 1. The van der Waals surface area contributed by atoms with Crippen LogP contribution in [-0.4, -0.2) is 67.9 Å². The Balaban J connectivity index is 1.35. The first kappa shape index (κ1) is 25.5. The molecule has 0 spiro atoms. The molecule has 0 radical (unpaired) electrons. The van der Waals surface area contributed by atoms with Crippen molar-refractivity contribution >= 4 is 28.3 Å². The Morgan fingerprint density at radius 1 is 0.974 bits per heavy atom. The molecule has 2 heterocycles. The normalized spacial score (nSPS) is 14.1. The van der Waals surface area contributed by atoms with E-state index < -0.39 is 11.6 Å². The molecule has 1 aromatic heterocycles. The SMILES string of the molecule is CCN1CCN(c2ccc(C(=O)Nc3n[nH]c4cc(-c5c(F)c(OC)cc(OC)c5F)ccc34)cc2)CC1. The van der Waals surface area contributed by atoms with E-state index in [1.165, 1.54) is 14.2 Å². The third-order valence-corrected chi connectivity index (χ3v) is 6.97. The van der Waals surface area contributed by atoms with Crippen LogP contribution in [0.4, 0.5) is 20.3 Å². The largest absolute Gasteiger partial charge is 0.494 e. The monoisotopic (exact) mass is 521 g/mol. The molecule has 2 N–H and O–H groups in total. The van der Waals surface area contributed by atoms with E-state index in [1.807, 2.05) is 12.1 Å². The Kier molecular flexibility index (Phi) is 7.15. The zero-order chi connectivity index (χ0) is 26.8. The summed E-state index contributed by atoms with van der Waals surface area (Å²) in [6.07, 6.45) is 0. The minimum absolute atomic E-state index is 0.134. The maximum absolute atomic E-state index is 15.0. The smallest absolute Gasteiger partial charge is 0.256 e. The van der Waals surface area contributed by atoms with Crippen molar-refractivity contribution in [2.24, 2.45) is 0 Å². The molecule has 10 heteroatoms. The third-order valence-electron chi connectivity index (χ3n) is 6.97. The highest BCUT2D eigenvalue weighted by atomic mass is 19.1. The molecule has 8 nitrogen and oxygen atoms in total. The number of amides is 1. The van der Waals surface area contributed by atoms with Crippen LogP contribution in [0.1, 0.15) is 17.3 Å². The van der Waals surface area contributed by atoms with Gasteiger partial charge in [-0.3, -0.25) is 9.89 Å². The number of nitrogens with one attached hydrogen (secondary N) is 2. The van der Waals surface area contributed by atoms with E-state index in [0.717, 1.165) is 44.5 Å². The van der Waals surface area contributed by atoms with Crippen molar-refractivity contribution in [3.05, 3.63) is 65.7 Å². The lowest BCUT2D eigenvalue weighted by Gasteiger charge is -2.35. The molecule has 1 amide bonds. The molecule has 0 saturated carbocycles. The molecule has 5 rings (SSSR count). The Labute approximate surface area is 219 Å². The molecule has 0 bridgehead atoms.